The number of aromatic nitrogens is 2. The summed E-state index contributed by atoms with van der Waals surface area (Å²) in [7, 11) is 0. The quantitative estimate of drug-likeness (QED) is 0.267. The van der Waals surface area contributed by atoms with Crippen molar-refractivity contribution in [1.29, 1.82) is 5.26 Å². The highest BCUT2D eigenvalue weighted by molar-refractivity contribution is 7.13. The fourth-order valence-corrected chi connectivity index (χ4v) is 4.79. The Morgan fingerprint density at radius 3 is 2.74 bits per heavy atom. The van der Waals surface area contributed by atoms with Gasteiger partial charge < -0.3 is 24.8 Å². The first-order chi connectivity index (χ1) is 19.0. The van der Waals surface area contributed by atoms with Crippen LogP contribution in [0.2, 0.25) is 0 Å². The number of amides is 2. The molecular formula is C27H25FN6O4S. The highest BCUT2D eigenvalue weighted by Gasteiger charge is 2.18. The Hall–Kier alpha value is -4.31. The number of aliphatic hydroxyl groups is 1. The lowest BCUT2D eigenvalue weighted by atomic mass is 10.1. The summed E-state index contributed by atoms with van der Waals surface area (Å²) in [5, 5.41) is 27.7. The molecule has 1 saturated heterocycles. The zero-order valence-corrected chi connectivity index (χ0v) is 21.6. The zero-order chi connectivity index (χ0) is 27.2. The Morgan fingerprint density at radius 1 is 1.15 bits per heavy atom. The number of fused-ring (bicyclic) bond motifs is 1. The number of rotatable bonds is 9. The molecule has 1 atom stereocenters. The Morgan fingerprint density at radius 2 is 2.00 bits per heavy atom. The molecule has 0 aliphatic carbocycles. The molecule has 2 aromatic carbocycles. The number of pyridine rings is 1. The molecule has 1 aliphatic heterocycles. The summed E-state index contributed by atoms with van der Waals surface area (Å²) in [5.41, 5.74) is 0.732. The maximum absolute atomic E-state index is 14.7. The number of halogens is 1. The summed E-state index contributed by atoms with van der Waals surface area (Å²) in [6.07, 6.45) is 4.66. The molecular weight excluding hydrogens is 523 g/mol. The first kappa shape index (κ1) is 26.3. The number of nitrogens with zero attached hydrogens (tertiary/aromatic N) is 4. The third kappa shape index (κ3) is 6.58. The molecule has 0 spiro atoms. The second-order valence-corrected chi connectivity index (χ2v) is 9.81. The molecule has 0 bridgehead atoms. The number of likely N-dealkylation sites (tertiary alicyclic amines) is 1. The van der Waals surface area contributed by atoms with E-state index in [9.17, 15) is 19.6 Å². The second-order valence-electron chi connectivity index (χ2n) is 8.92. The molecule has 1 fully saturated rings. The molecule has 5 rings (SSSR count). The van der Waals surface area contributed by atoms with E-state index in [2.05, 4.69) is 31.6 Å². The maximum Gasteiger partial charge on any atom is 0.325 e. The minimum absolute atomic E-state index is 0.0310. The van der Waals surface area contributed by atoms with Crippen LogP contribution in [0, 0.1) is 17.1 Å². The van der Waals surface area contributed by atoms with E-state index >= 15 is 0 Å². The van der Waals surface area contributed by atoms with Crippen LogP contribution in [0.25, 0.3) is 10.9 Å². The van der Waals surface area contributed by atoms with E-state index < -0.39 is 18.0 Å². The van der Waals surface area contributed by atoms with Crippen LogP contribution in [0.15, 0.2) is 54.2 Å². The average molecular weight is 549 g/mol. The number of hydrogen-bond acceptors (Lipinski definition) is 9. The molecule has 12 heteroatoms. The number of thiazole rings is 1. The highest BCUT2D eigenvalue weighted by Crippen LogP contribution is 2.34. The number of ether oxygens (including phenoxy) is 2. The van der Waals surface area contributed by atoms with Gasteiger partial charge in [0.15, 0.2) is 5.13 Å². The normalized spacial score (nSPS) is 14.1. The minimum Gasteiger partial charge on any atom is -0.489 e. The number of carbonyl (C=O) groups is 1. The van der Waals surface area contributed by atoms with Gasteiger partial charge in [0.2, 0.25) is 0 Å². The summed E-state index contributed by atoms with van der Waals surface area (Å²) in [5.74, 6) is 0.169. The predicted molar refractivity (Wildman–Crippen MR) is 145 cm³/mol. The standard InChI is InChI=1S/C27H25FN6O4S/c28-21-12-19(3-4-22(21)32-26(36)33-27-31-7-10-39-27)38-24-5-6-30-23-13-25(17(14-29)11-20(23)24)37-16-18(35)15-34-8-1-2-9-34/h3-7,10-13,18,35H,1-2,8-9,15-16H2,(H2,31,32,33,36)/t18-/m0/s1. The number of nitriles is 1. The number of benzene rings is 2. The van der Waals surface area contributed by atoms with Crippen LogP contribution in [0.5, 0.6) is 17.2 Å². The molecule has 3 N–H and O–H groups in total. The molecule has 2 aromatic heterocycles. The first-order valence-corrected chi connectivity index (χ1v) is 13.2. The Kier molecular flexibility index (Phi) is 8.12. The molecule has 0 saturated carbocycles. The van der Waals surface area contributed by atoms with Gasteiger partial charge in [0.25, 0.3) is 0 Å². The lowest BCUT2D eigenvalue weighted by Gasteiger charge is -2.20. The van der Waals surface area contributed by atoms with Crippen molar-refractivity contribution in [2.45, 2.75) is 18.9 Å². The minimum atomic E-state index is -0.693. The predicted octanol–water partition coefficient (Wildman–Crippen LogP) is 4.97. The summed E-state index contributed by atoms with van der Waals surface area (Å²) in [6, 6.07) is 10.4. The summed E-state index contributed by atoms with van der Waals surface area (Å²) < 4.78 is 26.4. The Bertz CT molecular complexity index is 1500. The van der Waals surface area contributed by atoms with Crippen molar-refractivity contribution < 1.29 is 23.8 Å². The van der Waals surface area contributed by atoms with Gasteiger partial charge in [-0.15, -0.1) is 11.3 Å². The van der Waals surface area contributed by atoms with Crippen LogP contribution in [0.3, 0.4) is 0 Å². The van der Waals surface area contributed by atoms with Gasteiger partial charge in [-0.3, -0.25) is 10.3 Å². The van der Waals surface area contributed by atoms with Crippen molar-refractivity contribution in [3.05, 3.63) is 65.6 Å². The summed E-state index contributed by atoms with van der Waals surface area (Å²) in [4.78, 5) is 22.6. The largest absolute Gasteiger partial charge is 0.489 e. The lowest BCUT2D eigenvalue weighted by molar-refractivity contribution is 0.0758. The third-order valence-corrected chi connectivity index (χ3v) is 6.78. The molecule has 1 aliphatic rings. The fraction of sp³-hybridized carbons (Fsp3) is 0.259. The van der Waals surface area contributed by atoms with Crippen LogP contribution in [-0.4, -0.2) is 58.4 Å². The van der Waals surface area contributed by atoms with Crippen LogP contribution >= 0.6 is 11.3 Å². The summed E-state index contributed by atoms with van der Waals surface area (Å²) in [6.45, 7) is 2.51. The van der Waals surface area contributed by atoms with E-state index in [0.717, 1.165) is 32.0 Å². The first-order valence-electron chi connectivity index (χ1n) is 12.3. The molecule has 0 radical (unpaired) electrons. The van der Waals surface area contributed by atoms with Crippen LogP contribution in [0.4, 0.5) is 20.0 Å². The smallest absolute Gasteiger partial charge is 0.325 e. The van der Waals surface area contributed by atoms with Gasteiger partial charge in [-0.05, 0) is 50.2 Å². The molecule has 4 aromatic rings. The molecule has 0 unspecified atom stereocenters. The van der Waals surface area contributed by atoms with Gasteiger partial charge in [-0.1, -0.05) is 0 Å². The number of carbonyl (C=O) groups excluding carboxylic acids is 1. The number of anilines is 2. The monoisotopic (exact) mass is 548 g/mol. The number of β-amino-alcohol motifs (C(OH)–C–C–N with tert-alkyl or cyclic N) is 1. The van der Waals surface area contributed by atoms with E-state index in [4.69, 9.17) is 9.47 Å². The third-order valence-electron chi connectivity index (χ3n) is 6.09. The lowest BCUT2D eigenvalue weighted by Crippen LogP contribution is -2.33. The van der Waals surface area contributed by atoms with E-state index in [0.29, 0.717) is 34.1 Å². The second kappa shape index (κ2) is 12.0. The van der Waals surface area contributed by atoms with Crippen molar-refractivity contribution in [3.63, 3.8) is 0 Å². The number of urea groups is 1. The van der Waals surface area contributed by atoms with Crippen molar-refractivity contribution in [3.8, 4) is 23.3 Å². The average Bonchev–Trinajstić information content (AvgIpc) is 3.63. The van der Waals surface area contributed by atoms with Crippen molar-refractivity contribution in [1.82, 2.24) is 14.9 Å². The molecule has 39 heavy (non-hydrogen) atoms. The molecule has 200 valence electrons. The van der Waals surface area contributed by atoms with E-state index in [1.54, 1.807) is 29.8 Å². The highest BCUT2D eigenvalue weighted by atomic mass is 32.1. The van der Waals surface area contributed by atoms with Gasteiger partial charge in [0.1, 0.15) is 41.8 Å². The topological polar surface area (TPSA) is 133 Å². The van der Waals surface area contributed by atoms with Gasteiger partial charge in [0.05, 0.1) is 16.8 Å². The van der Waals surface area contributed by atoms with Crippen LogP contribution in [-0.2, 0) is 0 Å². The Balaban J connectivity index is 1.28. The van der Waals surface area contributed by atoms with Gasteiger partial charge in [-0.25, -0.2) is 14.2 Å². The maximum atomic E-state index is 14.7. The number of aliphatic hydroxyl groups excluding tert-OH is 1. The van der Waals surface area contributed by atoms with E-state index in [1.165, 1.54) is 29.7 Å². The Labute approximate surface area is 227 Å². The van der Waals surface area contributed by atoms with Crippen molar-refractivity contribution >= 4 is 39.1 Å². The number of hydrogen-bond donors (Lipinski definition) is 3. The number of nitrogens with one attached hydrogen (secondary N) is 2. The van der Waals surface area contributed by atoms with Crippen molar-refractivity contribution in [2.75, 3.05) is 36.9 Å². The van der Waals surface area contributed by atoms with E-state index in [1.807, 2.05) is 0 Å². The van der Waals surface area contributed by atoms with Gasteiger partial charge in [0, 0.05) is 41.8 Å². The van der Waals surface area contributed by atoms with Crippen LogP contribution < -0.4 is 20.1 Å². The van der Waals surface area contributed by atoms with Crippen LogP contribution in [0.1, 0.15) is 18.4 Å². The molecule has 3 heterocycles. The molecule has 10 nitrogen and oxygen atoms in total. The SMILES string of the molecule is N#Cc1cc2c(Oc3ccc(NC(=O)Nc4nccs4)c(F)c3)ccnc2cc1OC[C@@H](O)CN1CCCC1. The summed E-state index contributed by atoms with van der Waals surface area (Å²) >= 11 is 1.24. The zero-order valence-electron chi connectivity index (χ0n) is 20.8. The fourth-order valence-electron chi connectivity index (χ4n) is 4.27. The van der Waals surface area contributed by atoms with Gasteiger partial charge >= 0.3 is 6.03 Å². The van der Waals surface area contributed by atoms with E-state index in [-0.39, 0.29) is 23.6 Å². The van der Waals surface area contributed by atoms with Gasteiger partial charge in [-0.2, -0.15) is 5.26 Å². The van der Waals surface area contributed by atoms with Crippen molar-refractivity contribution in [2.24, 2.45) is 0 Å². The molecule has 2 amide bonds.